The molecule has 0 aliphatic rings. The van der Waals surface area contributed by atoms with Crippen LogP contribution in [-0.2, 0) is 6.18 Å². The molecule has 3 rings (SSSR count). The van der Waals surface area contributed by atoms with E-state index >= 15 is 0 Å². The molecule has 3 aromatic rings. The Bertz CT molecular complexity index is 1030. The molecule has 4 N–H and O–H groups in total. The summed E-state index contributed by atoms with van der Waals surface area (Å²) in [6, 6.07) is 13.8. The number of rotatable bonds is 4. The van der Waals surface area contributed by atoms with Crippen molar-refractivity contribution in [2.24, 2.45) is 0 Å². The van der Waals surface area contributed by atoms with E-state index in [4.69, 9.17) is 0 Å². The van der Waals surface area contributed by atoms with E-state index in [1.54, 1.807) is 0 Å². The van der Waals surface area contributed by atoms with Crippen LogP contribution in [0.1, 0.15) is 34.6 Å². The summed E-state index contributed by atoms with van der Waals surface area (Å²) in [5.41, 5.74) is 5.32. The molecule has 10 heteroatoms. The topological polar surface area (TPSA) is 98.9 Å². The fraction of sp³-hybridized carbons (Fsp3) is 0.150. The number of benzene rings is 2. The molecule has 0 aliphatic heterocycles. The van der Waals surface area contributed by atoms with Crippen LogP contribution in [0, 0.1) is 0 Å². The van der Waals surface area contributed by atoms with Crippen molar-refractivity contribution in [2.75, 3.05) is 0 Å². The molecule has 0 saturated heterocycles. The van der Waals surface area contributed by atoms with Gasteiger partial charge in [0.05, 0.1) is 17.3 Å². The maximum atomic E-state index is 12.8. The van der Waals surface area contributed by atoms with E-state index in [1.807, 2.05) is 30.3 Å². The fourth-order valence-electron chi connectivity index (χ4n) is 2.68. The number of nitrogens with zero attached hydrogens (tertiary/aromatic N) is 1. The fourth-order valence-corrected chi connectivity index (χ4v) is 2.68. The molecule has 0 spiro atoms. The lowest BCUT2D eigenvalue weighted by Crippen LogP contribution is -2.47. The number of carbonyl (C=O) groups excluding carboxylic acids is 2. The Labute approximate surface area is 169 Å². The Morgan fingerprint density at radius 3 is 2.43 bits per heavy atom. The van der Waals surface area contributed by atoms with Crippen molar-refractivity contribution in [3.8, 4) is 11.3 Å². The molecule has 0 fully saturated rings. The van der Waals surface area contributed by atoms with Gasteiger partial charge in [-0.25, -0.2) is 10.2 Å². The zero-order chi connectivity index (χ0) is 21.7. The zero-order valence-corrected chi connectivity index (χ0v) is 15.7. The highest BCUT2D eigenvalue weighted by Crippen LogP contribution is 2.30. The lowest BCUT2D eigenvalue weighted by molar-refractivity contribution is -0.137. The number of hydrogen-bond donors (Lipinski definition) is 4. The van der Waals surface area contributed by atoms with Crippen LogP contribution in [0.2, 0.25) is 0 Å². The van der Waals surface area contributed by atoms with E-state index in [0.29, 0.717) is 5.69 Å². The second-order valence-corrected chi connectivity index (χ2v) is 6.43. The minimum atomic E-state index is -4.48. The smallest absolute Gasteiger partial charge is 0.330 e. The number of halogens is 3. The van der Waals surface area contributed by atoms with Crippen molar-refractivity contribution < 1.29 is 22.8 Å². The highest BCUT2D eigenvalue weighted by Gasteiger charge is 2.30. The molecule has 30 heavy (non-hydrogen) atoms. The van der Waals surface area contributed by atoms with Gasteiger partial charge in [-0.15, -0.1) is 0 Å². The van der Waals surface area contributed by atoms with Crippen molar-refractivity contribution >= 4 is 11.9 Å². The van der Waals surface area contributed by atoms with E-state index in [2.05, 4.69) is 26.4 Å². The molecule has 0 saturated carbocycles. The molecule has 0 radical (unpaired) electrons. The zero-order valence-electron chi connectivity index (χ0n) is 15.7. The van der Waals surface area contributed by atoms with Crippen LogP contribution in [0.15, 0.2) is 60.7 Å². The maximum Gasteiger partial charge on any atom is 0.416 e. The normalized spacial score (nSPS) is 12.1. The van der Waals surface area contributed by atoms with Crippen LogP contribution in [0.4, 0.5) is 18.0 Å². The third-order valence-electron chi connectivity index (χ3n) is 4.24. The van der Waals surface area contributed by atoms with Crippen molar-refractivity contribution in [1.29, 1.82) is 0 Å². The number of alkyl halides is 3. The van der Waals surface area contributed by atoms with Crippen LogP contribution >= 0.6 is 0 Å². The van der Waals surface area contributed by atoms with Crippen LogP contribution < -0.4 is 16.2 Å². The van der Waals surface area contributed by atoms with E-state index in [1.165, 1.54) is 25.1 Å². The first-order valence-corrected chi connectivity index (χ1v) is 8.89. The molecule has 1 aromatic heterocycles. The number of aromatic nitrogens is 2. The van der Waals surface area contributed by atoms with Gasteiger partial charge in [-0.1, -0.05) is 42.5 Å². The molecule has 1 unspecified atom stereocenters. The molecular formula is C20H18F3N5O2. The number of carbonyl (C=O) groups is 2. The highest BCUT2D eigenvalue weighted by atomic mass is 19.4. The van der Waals surface area contributed by atoms with Crippen LogP contribution in [-0.4, -0.2) is 22.1 Å². The monoisotopic (exact) mass is 417 g/mol. The summed E-state index contributed by atoms with van der Waals surface area (Å²) in [4.78, 5) is 24.1. The Morgan fingerprint density at radius 1 is 1.00 bits per heavy atom. The first-order valence-electron chi connectivity index (χ1n) is 8.89. The number of hydrogen-bond acceptors (Lipinski definition) is 3. The number of amides is 3. The van der Waals surface area contributed by atoms with Crippen LogP contribution in [0.3, 0.4) is 0 Å². The van der Waals surface area contributed by atoms with E-state index in [0.717, 1.165) is 17.7 Å². The molecule has 1 atom stereocenters. The quantitative estimate of drug-likeness (QED) is 0.486. The van der Waals surface area contributed by atoms with Crippen LogP contribution in [0.25, 0.3) is 11.3 Å². The summed E-state index contributed by atoms with van der Waals surface area (Å²) in [5, 5.41) is 9.07. The van der Waals surface area contributed by atoms with Gasteiger partial charge in [-0.2, -0.15) is 18.3 Å². The standard InChI is InChI=1S/C20H18F3N5O2/c1-12(14-8-5-9-15(10-14)20(21,22)23)24-19(30)28-27-18(29)17-11-16(25-26-17)13-6-3-2-4-7-13/h2-12H,1H3,(H,25,26)(H,27,29)(H2,24,28,30). The summed E-state index contributed by atoms with van der Waals surface area (Å²) >= 11 is 0. The van der Waals surface area contributed by atoms with Gasteiger partial charge in [0.15, 0.2) is 0 Å². The first kappa shape index (κ1) is 20.9. The third-order valence-corrected chi connectivity index (χ3v) is 4.24. The predicted octanol–water partition coefficient (Wildman–Crippen LogP) is 3.80. The van der Waals surface area contributed by atoms with Crippen molar-refractivity contribution in [3.63, 3.8) is 0 Å². The van der Waals surface area contributed by atoms with Gasteiger partial charge in [0.1, 0.15) is 5.69 Å². The minimum absolute atomic E-state index is 0.125. The van der Waals surface area contributed by atoms with Gasteiger partial charge in [0, 0.05) is 5.56 Å². The molecule has 3 amide bonds. The first-order chi connectivity index (χ1) is 14.2. The number of aromatic amines is 1. The summed E-state index contributed by atoms with van der Waals surface area (Å²) in [6.07, 6.45) is -4.48. The number of urea groups is 1. The second-order valence-electron chi connectivity index (χ2n) is 6.43. The molecule has 7 nitrogen and oxygen atoms in total. The third kappa shape index (κ3) is 5.16. The Hall–Kier alpha value is -3.82. The van der Waals surface area contributed by atoms with Crippen molar-refractivity contribution in [3.05, 3.63) is 77.5 Å². The molecule has 0 aliphatic carbocycles. The largest absolute Gasteiger partial charge is 0.416 e. The summed E-state index contributed by atoms with van der Waals surface area (Å²) < 4.78 is 38.5. The van der Waals surface area contributed by atoms with Gasteiger partial charge < -0.3 is 5.32 Å². The molecule has 156 valence electrons. The second kappa shape index (κ2) is 8.68. The van der Waals surface area contributed by atoms with E-state index in [9.17, 15) is 22.8 Å². The van der Waals surface area contributed by atoms with Gasteiger partial charge in [-0.3, -0.25) is 15.3 Å². The van der Waals surface area contributed by atoms with Crippen LogP contribution in [0.5, 0.6) is 0 Å². The van der Waals surface area contributed by atoms with E-state index < -0.39 is 29.7 Å². The SMILES string of the molecule is CC(NC(=O)NNC(=O)c1cc(-c2ccccc2)n[nH]1)c1cccc(C(F)(F)F)c1. The number of H-pyrrole nitrogens is 1. The minimum Gasteiger partial charge on any atom is -0.330 e. The van der Waals surface area contributed by atoms with Crippen molar-refractivity contribution in [1.82, 2.24) is 26.4 Å². The molecular weight excluding hydrogens is 399 g/mol. The lowest BCUT2D eigenvalue weighted by atomic mass is 10.1. The van der Waals surface area contributed by atoms with Gasteiger partial charge in [0.25, 0.3) is 5.91 Å². The predicted molar refractivity (Wildman–Crippen MR) is 103 cm³/mol. The lowest BCUT2D eigenvalue weighted by Gasteiger charge is -2.16. The molecule has 0 bridgehead atoms. The van der Waals surface area contributed by atoms with Gasteiger partial charge >= 0.3 is 12.2 Å². The average Bonchev–Trinajstić information content (AvgIpc) is 3.22. The number of nitrogens with one attached hydrogen (secondary N) is 4. The average molecular weight is 417 g/mol. The Morgan fingerprint density at radius 2 is 1.73 bits per heavy atom. The van der Waals surface area contributed by atoms with Gasteiger partial charge in [0.2, 0.25) is 0 Å². The Kier molecular flexibility index (Phi) is 6.05. The molecule has 2 aromatic carbocycles. The number of hydrazine groups is 1. The van der Waals surface area contributed by atoms with E-state index in [-0.39, 0.29) is 11.3 Å². The maximum absolute atomic E-state index is 12.8. The summed E-state index contributed by atoms with van der Waals surface area (Å²) in [7, 11) is 0. The highest BCUT2D eigenvalue weighted by molar-refractivity contribution is 5.94. The van der Waals surface area contributed by atoms with Gasteiger partial charge in [-0.05, 0) is 30.7 Å². The Balaban J connectivity index is 1.54. The summed E-state index contributed by atoms with van der Waals surface area (Å²) in [6.45, 7) is 1.53. The summed E-state index contributed by atoms with van der Waals surface area (Å²) in [5.74, 6) is -0.633. The van der Waals surface area contributed by atoms with Crippen molar-refractivity contribution in [2.45, 2.75) is 19.1 Å². The molecule has 1 heterocycles.